The molecular formula is C14H26N2O4. The second-order valence-electron chi connectivity index (χ2n) is 5.14. The van der Waals surface area contributed by atoms with Gasteiger partial charge in [-0.15, -0.1) is 0 Å². The molecule has 0 spiro atoms. The van der Waals surface area contributed by atoms with Gasteiger partial charge in [0.1, 0.15) is 0 Å². The second-order valence-corrected chi connectivity index (χ2v) is 5.14. The first-order valence-electron chi connectivity index (χ1n) is 7.49. The number of carbonyl (C=O) groups is 2. The van der Waals surface area contributed by atoms with Gasteiger partial charge >= 0.3 is 12.0 Å². The van der Waals surface area contributed by atoms with E-state index in [1.165, 1.54) is 0 Å². The molecule has 1 aliphatic heterocycles. The molecule has 116 valence electrons. The van der Waals surface area contributed by atoms with Crippen molar-refractivity contribution in [3.05, 3.63) is 0 Å². The molecule has 1 unspecified atom stereocenters. The number of nitrogens with one attached hydrogen (secondary N) is 1. The van der Waals surface area contributed by atoms with Gasteiger partial charge in [0.05, 0.1) is 13.0 Å². The summed E-state index contributed by atoms with van der Waals surface area (Å²) >= 11 is 0. The van der Waals surface area contributed by atoms with Crippen LogP contribution in [0.5, 0.6) is 0 Å². The molecule has 1 heterocycles. The molecule has 1 saturated heterocycles. The number of likely N-dealkylation sites (tertiary alicyclic amines) is 1. The van der Waals surface area contributed by atoms with Gasteiger partial charge in [0.15, 0.2) is 0 Å². The summed E-state index contributed by atoms with van der Waals surface area (Å²) in [6.07, 6.45) is 4.85. The van der Waals surface area contributed by atoms with Crippen LogP contribution in [0.3, 0.4) is 0 Å². The zero-order chi connectivity index (χ0) is 14.8. The zero-order valence-electron chi connectivity index (χ0n) is 12.3. The van der Waals surface area contributed by atoms with Crippen LogP contribution < -0.4 is 5.32 Å². The minimum absolute atomic E-state index is 0.0282. The fraction of sp³-hybridized carbons (Fsp3) is 0.857. The Bertz CT molecular complexity index is 310. The third-order valence-electron chi connectivity index (χ3n) is 3.46. The number of amides is 2. The molecule has 20 heavy (non-hydrogen) atoms. The zero-order valence-corrected chi connectivity index (χ0v) is 12.3. The van der Waals surface area contributed by atoms with E-state index in [0.29, 0.717) is 19.7 Å². The summed E-state index contributed by atoms with van der Waals surface area (Å²) < 4.78 is 5.38. The van der Waals surface area contributed by atoms with Crippen LogP contribution in [0.15, 0.2) is 0 Å². The number of piperidine rings is 1. The number of rotatable bonds is 8. The number of ether oxygens (including phenoxy) is 1. The van der Waals surface area contributed by atoms with E-state index in [0.717, 1.165) is 38.7 Å². The predicted molar refractivity (Wildman–Crippen MR) is 75.7 cm³/mol. The third kappa shape index (κ3) is 6.23. The van der Waals surface area contributed by atoms with E-state index in [1.807, 2.05) is 0 Å². The average Bonchev–Trinajstić information content (AvgIpc) is 2.42. The predicted octanol–water partition coefficient (Wildman–Crippen LogP) is 1.84. The Morgan fingerprint density at radius 2 is 2.15 bits per heavy atom. The van der Waals surface area contributed by atoms with Gasteiger partial charge in [-0.3, -0.25) is 4.79 Å². The smallest absolute Gasteiger partial charge is 0.317 e. The van der Waals surface area contributed by atoms with E-state index in [9.17, 15) is 9.59 Å². The summed E-state index contributed by atoms with van der Waals surface area (Å²) in [5.41, 5.74) is 0. The van der Waals surface area contributed by atoms with Crippen molar-refractivity contribution in [2.24, 2.45) is 0 Å². The minimum Gasteiger partial charge on any atom is -0.481 e. The molecule has 0 saturated carbocycles. The summed E-state index contributed by atoms with van der Waals surface area (Å²) in [5.74, 6) is -0.849. The molecule has 1 rings (SSSR count). The third-order valence-corrected chi connectivity index (χ3v) is 3.46. The Morgan fingerprint density at radius 1 is 1.35 bits per heavy atom. The van der Waals surface area contributed by atoms with E-state index in [1.54, 1.807) is 4.90 Å². The molecule has 2 N–H and O–H groups in total. The Hall–Kier alpha value is -1.30. The Kier molecular flexibility index (Phi) is 8.02. The van der Waals surface area contributed by atoms with Gasteiger partial charge in [0, 0.05) is 25.7 Å². The summed E-state index contributed by atoms with van der Waals surface area (Å²) in [6.45, 7) is 4.43. The van der Waals surface area contributed by atoms with Crippen molar-refractivity contribution in [3.8, 4) is 0 Å². The maximum atomic E-state index is 12.0. The van der Waals surface area contributed by atoms with Crippen LogP contribution in [0.1, 0.15) is 45.4 Å². The fourth-order valence-electron chi connectivity index (χ4n) is 2.36. The number of nitrogens with zero attached hydrogens (tertiary/aromatic N) is 1. The van der Waals surface area contributed by atoms with Crippen LogP contribution in [0.25, 0.3) is 0 Å². The maximum Gasteiger partial charge on any atom is 0.317 e. The van der Waals surface area contributed by atoms with Crippen molar-refractivity contribution in [3.63, 3.8) is 0 Å². The summed E-state index contributed by atoms with van der Waals surface area (Å²) in [6, 6.07) is -0.350. The van der Waals surface area contributed by atoms with Gasteiger partial charge in [-0.1, -0.05) is 13.3 Å². The Morgan fingerprint density at radius 3 is 2.85 bits per heavy atom. The number of hydrogen-bond donors (Lipinski definition) is 2. The maximum absolute atomic E-state index is 12.0. The number of carbonyl (C=O) groups excluding carboxylic acids is 1. The van der Waals surface area contributed by atoms with Crippen LogP contribution in [0.2, 0.25) is 0 Å². The van der Waals surface area contributed by atoms with Crippen LogP contribution in [0.4, 0.5) is 4.79 Å². The van der Waals surface area contributed by atoms with Crippen LogP contribution in [-0.4, -0.2) is 54.4 Å². The quantitative estimate of drug-likeness (QED) is 0.667. The van der Waals surface area contributed by atoms with E-state index < -0.39 is 5.97 Å². The normalized spacial score (nSPS) is 18.9. The summed E-state index contributed by atoms with van der Waals surface area (Å²) in [7, 11) is 0. The lowest BCUT2D eigenvalue weighted by Gasteiger charge is -2.34. The molecule has 6 heteroatoms. The van der Waals surface area contributed by atoms with Crippen molar-refractivity contribution >= 4 is 12.0 Å². The number of aliphatic carboxylic acids is 1. The van der Waals surface area contributed by atoms with Crippen LogP contribution in [0, 0.1) is 0 Å². The number of carboxylic acids is 1. The number of unbranched alkanes of at least 4 members (excludes halogenated alkanes) is 1. The van der Waals surface area contributed by atoms with E-state index in [2.05, 4.69) is 12.2 Å². The second kappa shape index (κ2) is 9.58. The largest absolute Gasteiger partial charge is 0.481 e. The first kappa shape index (κ1) is 16.8. The minimum atomic E-state index is -0.849. The molecule has 0 aliphatic carbocycles. The SMILES string of the molecule is CCCCOCCNC(=O)N1CCCCC1CC(=O)O. The van der Waals surface area contributed by atoms with Gasteiger partial charge in [0.25, 0.3) is 0 Å². The highest BCUT2D eigenvalue weighted by Crippen LogP contribution is 2.19. The Labute approximate surface area is 120 Å². The molecule has 0 aromatic carbocycles. The molecular weight excluding hydrogens is 260 g/mol. The standard InChI is InChI=1S/C14H26N2O4/c1-2-3-9-20-10-7-15-14(19)16-8-5-4-6-12(16)11-13(17)18/h12H,2-11H2,1H3,(H,15,19)(H,17,18). The molecule has 0 aromatic rings. The lowest BCUT2D eigenvalue weighted by atomic mass is 10.00. The van der Waals surface area contributed by atoms with Gasteiger partial charge < -0.3 is 20.1 Å². The molecule has 1 aliphatic rings. The first-order valence-corrected chi connectivity index (χ1v) is 7.49. The summed E-state index contributed by atoms with van der Waals surface area (Å²) in [5, 5.41) is 11.7. The van der Waals surface area contributed by atoms with Crippen LogP contribution in [-0.2, 0) is 9.53 Å². The van der Waals surface area contributed by atoms with Crippen molar-refractivity contribution in [2.75, 3.05) is 26.3 Å². The molecule has 1 fully saturated rings. The Balaban J connectivity index is 2.26. The highest BCUT2D eigenvalue weighted by molar-refractivity contribution is 5.76. The highest BCUT2D eigenvalue weighted by Gasteiger charge is 2.28. The topological polar surface area (TPSA) is 78.9 Å². The lowest BCUT2D eigenvalue weighted by molar-refractivity contribution is -0.138. The molecule has 0 radical (unpaired) electrons. The van der Waals surface area contributed by atoms with Crippen molar-refractivity contribution < 1.29 is 19.4 Å². The molecule has 0 aromatic heterocycles. The highest BCUT2D eigenvalue weighted by atomic mass is 16.5. The molecule has 1 atom stereocenters. The van der Waals surface area contributed by atoms with E-state index in [-0.39, 0.29) is 18.5 Å². The summed E-state index contributed by atoms with van der Waals surface area (Å²) in [4.78, 5) is 24.5. The average molecular weight is 286 g/mol. The van der Waals surface area contributed by atoms with Crippen molar-refractivity contribution in [1.29, 1.82) is 0 Å². The van der Waals surface area contributed by atoms with Gasteiger partial charge in [-0.25, -0.2) is 4.79 Å². The van der Waals surface area contributed by atoms with E-state index in [4.69, 9.17) is 9.84 Å². The number of urea groups is 1. The number of carboxylic acid groups (broad SMARTS) is 1. The van der Waals surface area contributed by atoms with Crippen LogP contribution >= 0.6 is 0 Å². The monoisotopic (exact) mass is 286 g/mol. The fourth-order valence-corrected chi connectivity index (χ4v) is 2.36. The van der Waals surface area contributed by atoms with Crippen molar-refractivity contribution in [2.45, 2.75) is 51.5 Å². The van der Waals surface area contributed by atoms with Gasteiger partial charge in [-0.2, -0.15) is 0 Å². The van der Waals surface area contributed by atoms with E-state index >= 15 is 0 Å². The molecule has 6 nitrogen and oxygen atoms in total. The van der Waals surface area contributed by atoms with Crippen molar-refractivity contribution in [1.82, 2.24) is 10.2 Å². The lowest BCUT2D eigenvalue weighted by Crippen LogP contribution is -2.49. The van der Waals surface area contributed by atoms with Gasteiger partial charge in [-0.05, 0) is 25.7 Å². The first-order chi connectivity index (χ1) is 9.65. The molecule has 0 bridgehead atoms. The molecule has 2 amide bonds. The number of hydrogen-bond acceptors (Lipinski definition) is 3. The van der Waals surface area contributed by atoms with Gasteiger partial charge in [0.2, 0.25) is 0 Å².